The lowest BCUT2D eigenvalue weighted by Crippen LogP contribution is -1.98. The van der Waals surface area contributed by atoms with Crippen molar-refractivity contribution in [2.75, 3.05) is 5.32 Å². The van der Waals surface area contributed by atoms with Crippen molar-refractivity contribution in [1.29, 1.82) is 10.5 Å². The fraction of sp³-hybridized carbons (Fsp3) is 0.0769. The fourth-order valence-electron chi connectivity index (χ4n) is 1.51. The van der Waals surface area contributed by atoms with Gasteiger partial charge in [-0.15, -0.1) is 11.3 Å². The van der Waals surface area contributed by atoms with Crippen molar-refractivity contribution in [3.8, 4) is 12.1 Å². The van der Waals surface area contributed by atoms with Crippen molar-refractivity contribution < 1.29 is 0 Å². The summed E-state index contributed by atoms with van der Waals surface area (Å²) in [5.41, 5.74) is 1.62. The van der Waals surface area contributed by atoms with E-state index in [-0.39, 0.29) is 0 Å². The van der Waals surface area contributed by atoms with Gasteiger partial charge in [-0.05, 0) is 56.1 Å². The molecular formula is C13H7Br2N3S. The van der Waals surface area contributed by atoms with Crippen LogP contribution in [0.2, 0.25) is 0 Å². The number of nitriles is 2. The zero-order chi connectivity index (χ0) is 13.8. The summed E-state index contributed by atoms with van der Waals surface area (Å²) in [4.78, 5) is 1.17. The Morgan fingerprint density at radius 3 is 2.42 bits per heavy atom. The van der Waals surface area contributed by atoms with Crippen LogP contribution in [0, 0.1) is 22.7 Å². The van der Waals surface area contributed by atoms with Gasteiger partial charge in [0, 0.05) is 21.6 Å². The standard InChI is InChI=1S/C13H7Br2N3S/c14-12-4-11(19-13(12)15)7-18-10-2-1-8(5-16)9(3-10)6-17/h1-4,18H,7H2. The van der Waals surface area contributed by atoms with Gasteiger partial charge in [-0.3, -0.25) is 0 Å². The molecule has 0 aliphatic carbocycles. The van der Waals surface area contributed by atoms with Gasteiger partial charge in [-0.2, -0.15) is 10.5 Å². The third-order valence-electron chi connectivity index (χ3n) is 2.42. The van der Waals surface area contributed by atoms with Crippen LogP contribution in [0.4, 0.5) is 5.69 Å². The minimum Gasteiger partial charge on any atom is -0.380 e. The van der Waals surface area contributed by atoms with Gasteiger partial charge in [0.05, 0.1) is 14.9 Å². The lowest BCUT2D eigenvalue weighted by molar-refractivity contribution is 1.19. The number of nitrogens with one attached hydrogen (secondary N) is 1. The Balaban J connectivity index is 2.12. The van der Waals surface area contributed by atoms with E-state index >= 15 is 0 Å². The molecule has 2 rings (SSSR count). The Labute approximate surface area is 131 Å². The zero-order valence-electron chi connectivity index (χ0n) is 9.58. The Morgan fingerprint density at radius 1 is 1.11 bits per heavy atom. The Morgan fingerprint density at radius 2 is 1.84 bits per heavy atom. The van der Waals surface area contributed by atoms with E-state index in [2.05, 4.69) is 37.2 Å². The average Bonchev–Trinajstić information content (AvgIpc) is 2.75. The van der Waals surface area contributed by atoms with Gasteiger partial charge in [0.15, 0.2) is 0 Å². The second kappa shape index (κ2) is 6.21. The summed E-state index contributed by atoms with van der Waals surface area (Å²) in [5.74, 6) is 0. The molecule has 0 unspecified atom stereocenters. The normalized spacial score (nSPS) is 9.68. The first-order valence-electron chi connectivity index (χ1n) is 5.26. The van der Waals surface area contributed by atoms with Crippen molar-refractivity contribution in [2.24, 2.45) is 0 Å². The van der Waals surface area contributed by atoms with Crippen molar-refractivity contribution >= 4 is 48.9 Å². The van der Waals surface area contributed by atoms with Crippen molar-refractivity contribution in [3.63, 3.8) is 0 Å². The van der Waals surface area contributed by atoms with Crippen LogP contribution < -0.4 is 5.32 Å². The van der Waals surface area contributed by atoms with Gasteiger partial charge >= 0.3 is 0 Å². The van der Waals surface area contributed by atoms with Gasteiger partial charge in [-0.25, -0.2) is 0 Å². The van der Waals surface area contributed by atoms with Crippen molar-refractivity contribution in [1.82, 2.24) is 0 Å². The fourth-order valence-corrected chi connectivity index (χ4v) is 3.63. The topological polar surface area (TPSA) is 59.6 Å². The molecule has 19 heavy (non-hydrogen) atoms. The summed E-state index contributed by atoms with van der Waals surface area (Å²) in [5, 5.41) is 21.0. The van der Waals surface area contributed by atoms with Crippen LogP contribution in [-0.2, 0) is 6.54 Å². The smallest absolute Gasteiger partial charge is 0.101 e. The highest BCUT2D eigenvalue weighted by molar-refractivity contribution is 9.13. The van der Waals surface area contributed by atoms with Crippen LogP contribution in [-0.4, -0.2) is 0 Å². The van der Waals surface area contributed by atoms with Gasteiger partial charge < -0.3 is 5.32 Å². The molecule has 0 aliphatic rings. The van der Waals surface area contributed by atoms with E-state index in [1.165, 1.54) is 4.88 Å². The molecule has 2 aromatic rings. The molecule has 0 radical (unpaired) electrons. The van der Waals surface area contributed by atoms with Crippen LogP contribution in [0.3, 0.4) is 0 Å². The molecule has 1 aromatic heterocycles. The van der Waals surface area contributed by atoms with Gasteiger partial charge in [0.25, 0.3) is 0 Å². The van der Waals surface area contributed by atoms with Crippen LogP contribution in [0.15, 0.2) is 32.5 Å². The van der Waals surface area contributed by atoms with Gasteiger partial charge in [-0.1, -0.05) is 0 Å². The van der Waals surface area contributed by atoms with Crippen molar-refractivity contribution in [2.45, 2.75) is 6.54 Å². The molecule has 0 atom stereocenters. The summed E-state index contributed by atoms with van der Waals surface area (Å²) in [6.07, 6.45) is 0. The molecule has 0 amide bonds. The molecule has 0 saturated heterocycles. The van der Waals surface area contributed by atoms with E-state index < -0.39 is 0 Å². The lowest BCUT2D eigenvalue weighted by Gasteiger charge is -2.05. The molecule has 0 aliphatic heterocycles. The minimum atomic E-state index is 0.390. The molecule has 3 nitrogen and oxygen atoms in total. The summed E-state index contributed by atoms with van der Waals surface area (Å²) in [6, 6.07) is 11.2. The quantitative estimate of drug-likeness (QED) is 0.822. The molecule has 1 heterocycles. The SMILES string of the molecule is N#Cc1ccc(NCc2cc(Br)c(Br)s2)cc1C#N. The number of hydrogen-bond acceptors (Lipinski definition) is 4. The maximum atomic E-state index is 8.96. The van der Waals surface area contributed by atoms with Crippen molar-refractivity contribution in [3.05, 3.63) is 48.5 Å². The maximum absolute atomic E-state index is 8.96. The molecular weight excluding hydrogens is 390 g/mol. The summed E-state index contributed by atoms with van der Waals surface area (Å²) in [7, 11) is 0. The molecule has 0 saturated carbocycles. The third-order valence-corrected chi connectivity index (χ3v) is 5.68. The first-order valence-corrected chi connectivity index (χ1v) is 7.66. The molecule has 0 fully saturated rings. The maximum Gasteiger partial charge on any atom is 0.101 e. The summed E-state index contributed by atoms with van der Waals surface area (Å²) < 4.78 is 2.09. The summed E-state index contributed by atoms with van der Waals surface area (Å²) >= 11 is 8.53. The van der Waals surface area contributed by atoms with E-state index in [9.17, 15) is 0 Å². The number of nitrogens with zero attached hydrogens (tertiary/aromatic N) is 2. The zero-order valence-corrected chi connectivity index (χ0v) is 13.6. The third kappa shape index (κ3) is 3.36. The monoisotopic (exact) mass is 395 g/mol. The number of hydrogen-bond donors (Lipinski definition) is 1. The second-order valence-electron chi connectivity index (χ2n) is 3.67. The van der Waals surface area contributed by atoms with Gasteiger partial charge in [0.2, 0.25) is 0 Å². The highest BCUT2D eigenvalue weighted by atomic mass is 79.9. The van der Waals surface area contributed by atoms with E-state index in [0.29, 0.717) is 17.7 Å². The largest absolute Gasteiger partial charge is 0.380 e. The number of anilines is 1. The number of thiophene rings is 1. The first-order chi connectivity index (χ1) is 9.13. The highest BCUT2D eigenvalue weighted by Gasteiger charge is 2.05. The minimum absolute atomic E-state index is 0.390. The Kier molecular flexibility index (Phi) is 4.60. The van der Waals surface area contributed by atoms with Crippen LogP contribution in [0.1, 0.15) is 16.0 Å². The average molecular weight is 397 g/mol. The molecule has 1 aromatic carbocycles. The van der Waals surface area contributed by atoms with Crippen LogP contribution in [0.5, 0.6) is 0 Å². The molecule has 0 bridgehead atoms. The first kappa shape index (κ1) is 14.1. The Hall–Kier alpha value is -1.34. The lowest BCUT2D eigenvalue weighted by atomic mass is 10.1. The van der Waals surface area contributed by atoms with E-state index in [1.54, 1.807) is 29.5 Å². The van der Waals surface area contributed by atoms with E-state index in [0.717, 1.165) is 13.9 Å². The van der Waals surface area contributed by atoms with Crippen LogP contribution >= 0.6 is 43.2 Å². The number of rotatable bonds is 3. The predicted octanol–water partition coefficient (Wildman–Crippen LogP) is 4.63. The second-order valence-corrected chi connectivity index (χ2v) is 6.98. The molecule has 6 heteroatoms. The van der Waals surface area contributed by atoms with E-state index in [1.807, 2.05) is 18.2 Å². The molecule has 94 valence electrons. The van der Waals surface area contributed by atoms with Crippen LogP contribution in [0.25, 0.3) is 0 Å². The summed E-state index contributed by atoms with van der Waals surface area (Å²) in [6.45, 7) is 0.672. The van der Waals surface area contributed by atoms with E-state index in [4.69, 9.17) is 10.5 Å². The predicted molar refractivity (Wildman–Crippen MR) is 82.9 cm³/mol. The number of halogens is 2. The number of benzene rings is 1. The highest BCUT2D eigenvalue weighted by Crippen LogP contribution is 2.32. The molecule has 0 spiro atoms. The van der Waals surface area contributed by atoms with Gasteiger partial charge in [0.1, 0.15) is 12.1 Å². The Bertz CT molecular complexity index is 675. The molecule has 1 N–H and O–H groups in total.